The summed E-state index contributed by atoms with van der Waals surface area (Å²) in [5.41, 5.74) is -2.08. The second-order valence-corrected chi connectivity index (χ2v) is 9.88. The number of alkyl carbamates (subject to hydrolysis) is 2. The average Bonchev–Trinajstić information content (AvgIpc) is 2.47. The van der Waals surface area contributed by atoms with Crippen molar-refractivity contribution in [2.75, 3.05) is 26.2 Å². The minimum absolute atomic E-state index is 0.0410. The Morgan fingerprint density at radius 2 is 1.30 bits per heavy atom. The molecule has 0 spiro atoms. The van der Waals surface area contributed by atoms with Crippen molar-refractivity contribution in [3.05, 3.63) is 0 Å². The van der Waals surface area contributed by atoms with Crippen molar-refractivity contribution >= 4 is 18.3 Å². The van der Waals surface area contributed by atoms with Crippen LogP contribution in [0.2, 0.25) is 0 Å². The summed E-state index contributed by atoms with van der Waals surface area (Å²) in [6.07, 6.45) is -1.97. The summed E-state index contributed by atoms with van der Waals surface area (Å²) >= 11 is 0. The van der Waals surface area contributed by atoms with Crippen LogP contribution in [0, 0.1) is 0 Å². The molecule has 3 N–H and O–H groups in total. The summed E-state index contributed by atoms with van der Waals surface area (Å²) in [7, 11) is 0. The van der Waals surface area contributed by atoms with Crippen molar-refractivity contribution in [3.8, 4) is 0 Å². The molecule has 0 heterocycles. The highest BCUT2D eigenvalue weighted by Gasteiger charge is 2.27. The molecule has 0 bridgehead atoms. The van der Waals surface area contributed by atoms with Gasteiger partial charge in [-0.1, -0.05) is 0 Å². The smallest absolute Gasteiger partial charge is 0.410 e. The van der Waals surface area contributed by atoms with E-state index in [4.69, 9.17) is 14.2 Å². The monoisotopic (exact) mass is 433 g/mol. The van der Waals surface area contributed by atoms with Gasteiger partial charge in [-0.15, -0.1) is 0 Å². The summed E-state index contributed by atoms with van der Waals surface area (Å²) in [4.78, 5) is 37.7. The number of hydrogen-bond donors (Lipinski definition) is 3. The molecule has 10 nitrogen and oxygen atoms in total. The lowest BCUT2D eigenvalue weighted by atomic mass is 10.2. The third-order valence-corrected chi connectivity index (χ3v) is 3.08. The first kappa shape index (κ1) is 27.8. The Labute approximate surface area is 179 Å². The quantitative estimate of drug-likeness (QED) is 0.527. The standard InChI is InChI=1S/C20H39N3O7/c1-18(2,3)28-15(25)21-10-11-23(17(27)30-20(7,8)9)12-14(13-24)22-16(26)29-19(4,5)6/h14,24H,10-13H2,1-9H3,(H,21,25)(H,22,26)/t14-/m1/s1. The van der Waals surface area contributed by atoms with Gasteiger partial charge in [0.15, 0.2) is 0 Å². The zero-order chi connectivity index (χ0) is 23.8. The Morgan fingerprint density at radius 3 is 1.73 bits per heavy atom. The van der Waals surface area contributed by atoms with Crippen LogP contribution in [0.3, 0.4) is 0 Å². The molecule has 0 aliphatic carbocycles. The SMILES string of the molecule is CC(C)(C)OC(=O)NCCN(C[C@H](CO)NC(=O)OC(C)(C)C)C(=O)OC(C)(C)C. The van der Waals surface area contributed by atoms with Crippen LogP contribution in [0.15, 0.2) is 0 Å². The van der Waals surface area contributed by atoms with Crippen LogP contribution in [0.5, 0.6) is 0 Å². The van der Waals surface area contributed by atoms with Crippen LogP contribution < -0.4 is 10.6 Å². The second-order valence-electron chi connectivity index (χ2n) is 9.88. The van der Waals surface area contributed by atoms with E-state index < -0.39 is 47.7 Å². The summed E-state index contributed by atoms with van der Waals surface area (Å²) in [5.74, 6) is 0. The van der Waals surface area contributed by atoms with E-state index in [1.807, 2.05) is 0 Å². The number of amides is 3. The maximum absolute atomic E-state index is 12.6. The molecule has 0 fully saturated rings. The van der Waals surface area contributed by atoms with Gasteiger partial charge in [0.05, 0.1) is 12.6 Å². The topological polar surface area (TPSA) is 126 Å². The fraction of sp³-hybridized carbons (Fsp3) is 0.850. The third-order valence-electron chi connectivity index (χ3n) is 3.08. The molecule has 0 saturated heterocycles. The van der Waals surface area contributed by atoms with Crippen molar-refractivity contribution in [3.63, 3.8) is 0 Å². The van der Waals surface area contributed by atoms with Gasteiger partial charge >= 0.3 is 18.3 Å². The van der Waals surface area contributed by atoms with E-state index >= 15 is 0 Å². The number of rotatable bonds is 7. The number of nitrogens with zero attached hydrogens (tertiary/aromatic N) is 1. The van der Waals surface area contributed by atoms with E-state index in [1.165, 1.54) is 4.90 Å². The molecule has 0 saturated carbocycles. The van der Waals surface area contributed by atoms with E-state index in [9.17, 15) is 19.5 Å². The fourth-order valence-corrected chi connectivity index (χ4v) is 2.08. The van der Waals surface area contributed by atoms with Crippen molar-refractivity contribution in [1.82, 2.24) is 15.5 Å². The number of ether oxygens (including phenoxy) is 3. The predicted molar refractivity (Wildman–Crippen MR) is 112 cm³/mol. The average molecular weight is 434 g/mol. The second kappa shape index (κ2) is 11.2. The minimum Gasteiger partial charge on any atom is -0.444 e. The van der Waals surface area contributed by atoms with E-state index in [0.29, 0.717) is 0 Å². The Bertz CT molecular complexity index is 574. The molecule has 1 atom stereocenters. The first-order valence-corrected chi connectivity index (χ1v) is 9.97. The Balaban J connectivity index is 5.04. The van der Waals surface area contributed by atoms with Gasteiger partial charge in [0.1, 0.15) is 16.8 Å². The maximum atomic E-state index is 12.6. The molecule has 3 amide bonds. The molecule has 30 heavy (non-hydrogen) atoms. The van der Waals surface area contributed by atoms with Crippen molar-refractivity contribution in [2.45, 2.75) is 85.2 Å². The first-order valence-electron chi connectivity index (χ1n) is 9.97. The normalized spacial score (nSPS) is 13.1. The van der Waals surface area contributed by atoms with Gasteiger partial charge in [0, 0.05) is 19.6 Å². The molecule has 0 aromatic carbocycles. The van der Waals surface area contributed by atoms with E-state index in [1.54, 1.807) is 62.3 Å². The van der Waals surface area contributed by atoms with Gasteiger partial charge in [-0.05, 0) is 62.3 Å². The Hall–Kier alpha value is -2.23. The van der Waals surface area contributed by atoms with Gasteiger partial charge < -0.3 is 34.9 Å². The molecule has 176 valence electrons. The molecular weight excluding hydrogens is 394 g/mol. The predicted octanol–water partition coefficient (Wildman–Crippen LogP) is 2.63. The molecule has 0 aliphatic rings. The molecule has 10 heteroatoms. The maximum Gasteiger partial charge on any atom is 0.410 e. The van der Waals surface area contributed by atoms with Gasteiger partial charge in [-0.25, -0.2) is 14.4 Å². The lowest BCUT2D eigenvalue weighted by Gasteiger charge is -2.30. The van der Waals surface area contributed by atoms with Crippen LogP contribution in [0.25, 0.3) is 0 Å². The lowest BCUT2D eigenvalue weighted by molar-refractivity contribution is 0.0186. The molecule has 0 aromatic heterocycles. The number of carbonyl (C=O) groups excluding carboxylic acids is 3. The van der Waals surface area contributed by atoms with Crippen molar-refractivity contribution < 1.29 is 33.7 Å². The van der Waals surface area contributed by atoms with Gasteiger partial charge in [-0.2, -0.15) is 0 Å². The van der Waals surface area contributed by atoms with Crippen LogP contribution in [0.1, 0.15) is 62.3 Å². The third kappa shape index (κ3) is 14.7. The van der Waals surface area contributed by atoms with Crippen molar-refractivity contribution in [1.29, 1.82) is 0 Å². The highest BCUT2D eigenvalue weighted by atomic mass is 16.6. The molecule has 0 aromatic rings. The Morgan fingerprint density at radius 1 is 0.833 bits per heavy atom. The number of carbonyl (C=O) groups is 3. The number of aliphatic hydroxyl groups excluding tert-OH is 1. The van der Waals surface area contributed by atoms with Gasteiger partial charge in [-0.3, -0.25) is 0 Å². The molecular formula is C20H39N3O7. The van der Waals surface area contributed by atoms with Crippen LogP contribution >= 0.6 is 0 Å². The van der Waals surface area contributed by atoms with E-state index in [-0.39, 0.29) is 19.6 Å². The first-order chi connectivity index (χ1) is 13.4. The van der Waals surface area contributed by atoms with Crippen LogP contribution in [-0.2, 0) is 14.2 Å². The lowest BCUT2D eigenvalue weighted by Crippen LogP contribution is -2.51. The fourth-order valence-electron chi connectivity index (χ4n) is 2.08. The van der Waals surface area contributed by atoms with Gasteiger partial charge in [0.2, 0.25) is 0 Å². The Kier molecular flexibility index (Phi) is 10.4. The summed E-state index contributed by atoms with van der Waals surface area (Å²) in [6.45, 7) is 15.3. The van der Waals surface area contributed by atoms with E-state index in [2.05, 4.69) is 10.6 Å². The number of hydrogen-bond acceptors (Lipinski definition) is 7. The molecule has 0 unspecified atom stereocenters. The van der Waals surface area contributed by atoms with Crippen LogP contribution in [0.4, 0.5) is 14.4 Å². The number of nitrogens with one attached hydrogen (secondary N) is 2. The zero-order valence-corrected chi connectivity index (χ0v) is 19.7. The van der Waals surface area contributed by atoms with Gasteiger partial charge in [0.25, 0.3) is 0 Å². The van der Waals surface area contributed by atoms with Crippen molar-refractivity contribution in [2.24, 2.45) is 0 Å². The minimum atomic E-state index is -0.783. The van der Waals surface area contributed by atoms with E-state index in [0.717, 1.165) is 0 Å². The highest BCUT2D eigenvalue weighted by Crippen LogP contribution is 2.11. The summed E-state index contributed by atoms with van der Waals surface area (Å²) in [5, 5.41) is 14.7. The molecule has 0 radical (unpaired) electrons. The highest BCUT2D eigenvalue weighted by molar-refractivity contribution is 5.70. The van der Waals surface area contributed by atoms with Crippen LogP contribution in [-0.4, -0.2) is 77.4 Å². The largest absolute Gasteiger partial charge is 0.444 e. The summed E-state index contributed by atoms with van der Waals surface area (Å²) in [6, 6.07) is -0.783. The molecule has 0 rings (SSSR count). The number of aliphatic hydroxyl groups is 1. The summed E-state index contributed by atoms with van der Waals surface area (Å²) < 4.78 is 15.7. The zero-order valence-electron chi connectivity index (χ0n) is 19.7. The molecule has 0 aliphatic heterocycles.